The lowest BCUT2D eigenvalue weighted by Crippen LogP contribution is -2.20. The van der Waals surface area contributed by atoms with Gasteiger partial charge in [0.25, 0.3) is 0 Å². The Balaban J connectivity index is 2.41. The third-order valence-electron chi connectivity index (χ3n) is 2.40. The predicted molar refractivity (Wildman–Crippen MR) is 54.6 cm³/mol. The average Bonchev–Trinajstić information content (AvgIpc) is 2.27. The summed E-state index contributed by atoms with van der Waals surface area (Å²) in [5.74, 6) is 0.808. The first-order valence-corrected chi connectivity index (χ1v) is 4.67. The zero-order valence-electron chi connectivity index (χ0n) is 8.36. The molecule has 1 aromatic rings. The van der Waals surface area contributed by atoms with Crippen LogP contribution in [-0.2, 0) is 11.2 Å². The molecule has 0 amide bonds. The summed E-state index contributed by atoms with van der Waals surface area (Å²) in [7, 11) is 0. The predicted octanol–water partition coefficient (Wildman–Crippen LogP) is 1.39. The molecule has 2 rings (SSSR count). The largest absolute Gasteiger partial charge is 0.486 e. The molecule has 1 aromatic carbocycles. The van der Waals surface area contributed by atoms with Gasteiger partial charge in [0.1, 0.15) is 12.4 Å². The standard InChI is InChI=1S/C11H11NO3/c1-7(12-14)8-2-3-11-9(4-8)5-10(13)6-15-11/h2-4,14H,5-6H2,1H3/b12-7+. The maximum absolute atomic E-state index is 11.2. The molecule has 0 radical (unpaired) electrons. The molecule has 0 unspecified atom stereocenters. The van der Waals surface area contributed by atoms with Gasteiger partial charge in [-0.25, -0.2) is 0 Å². The van der Waals surface area contributed by atoms with E-state index in [1.54, 1.807) is 13.0 Å². The molecule has 0 saturated heterocycles. The molecule has 1 N–H and O–H groups in total. The van der Waals surface area contributed by atoms with Crippen LogP contribution in [0.3, 0.4) is 0 Å². The molecule has 0 spiro atoms. The van der Waals surface area contributed by atoms with Crippen LogP contribution in [0.4, 0.5) is 0 Å². The maximum atomic E-state index is 11.2. The summed E-state index contributed by atoms with van der Waals surface area (Å²) >= 11 is 0. The zero-order valence-corrected chi connectivity index (χ0v) is 8.36. The summed E-state index contributed by atoms with van der Waals surface area (Å²) in [4.78, 5) is 11.2. The van der Waals surface area contributed by atoms with Crippen molar-refractivity contribution in [3.63, 3.8) is 0 Å². The monoisotopic (exact) mass is 205 g/mol. The minimum Gasteiger partial charge on any atom is -0.486 e. The quantitative estimate of drug-likeness (QED) is 0.428. The number of ketones is 1. The fourth-order valence-corrected chi connectivity index (χ4v) is 1.56. The van der Waals surface area contributed by atoms with Crippen LogP contribution in [0.25, 0.3) is 0 Å². The van der Waals surface area contributed by atoms with Gasteiger partial charge in [0.2, 0.25) is 0 Å². The Morgan fingerprint density at radius 1 is 1.53 bits per heavy atom. The molecule has 1 aliphatic rings. The van der Waals surface area contributed by atoms with Crippen LogP contribution in [0.15, 0.2) is 23.4 Å². The van der Waals surface area contributed by atoms with Crippen molar-refractivity contribution in [2.24, 2.45) is 5.16 Å². The highest BCUT2D eigenvalue weighted by Gasteiger charge is 2.17. The van der Waals surface area contributed by atoms with Crippen molar-refractivity contribution in [2.75, 3.05) is 6.61 Å². The van der Waals surface area contributed by atoms with E-state index in [-0.39, 0.29) is 12.4 Å². The SMILES string of the molecule is C/C(=N\O)c1ccc2c(c1)CC(=O)CO2. The first-order valence-electron chi connectivity index (χ1n) is 4.67. The van der Waals surface area contributed by atoms with Crippen LogP contribution in [0, 0.1) is 0 Å². The number of nitrogens with zero attached hydrogens (tertiary/aromatic N) is 1. The van der Waals surface area contributed by atoms with E-state index in [0.717, 1.165) is 16.9 Å². The van der Waals surface area contributed by atoms with E-state index in [1.807, 2.05) is 12.1 Å². The minimum atomic E-state index is 0.0678. The molecule has 0 aromatic heterocycles. The second-order valence-corrected chi connectivity index (χ2v) is 3.51. The van der Waals surface area contributed by atoms with Crippen molar-refractivity contribution in [2.45, 2.75) is 13.3 Å². The first kappa shape index (κ1) is 9.71. The molecule has 4 nitrogen and oxygen atoms in total. The number of hydrogen-bond acceptors (Lipinski definition) is 4. The Morgan fingerprint density at radius 3 is 3.07 bits per heavy atom. The Kier molecular flexibility index (Phi) is 2.41. The van der Waals surface area contributed by atoms with Gasteiger partial charge in [0, 0.05) is 12.0 Å². The summed E-state index contributed by atoms with van der Waals surface area (Å²) in [6.07, 6.45) is 0.391. The summed E-state index contributed by atoms with van der Waals surface area (Å²) in [6, 6.07) is 5.43. The molecule has 1 aliphatic heterocycles. The Hall–Kier alpha value is -1.84. The fourth-order valence-electron chi connectivity index (χ4n) is 1.56. The number of oxime groups is 1. The molecular formula is C11H11NO3. The topological polar surface area (TPSA) is 58.9 Å². The number of rotatable bonds is 1. The number of hydrogen-bond donors (Lipinski definition) is 1. The van der Waals surface area contributed by atoms with Crippen LogP contribution in [0.5, 0.6) is 5.75 Å². The van der Waals surface area contributed by atoms with Gasteiger partial charge in [-0.3, -0.25) is 4.79 Å². The molecule has 0 aliphatic carbocycles. The van der Waals surface area contributed by atoms with E-state index in [2.05, 4.69) is 5.16 Å². The number of ether oxygens (including phenoxy) is 1. The van der Waals surface area contributed by atoms with Crippen molar-refractivity contribution < 1.29 is 14.7 Å². The Bertz CT molecular complexity index is 437. The highest BCUT2D eigenvalue weighted by molar-refractivity contribution is 5.99. The van der Waals surface area contributed by atoms with Crippen molar-refractivity contribution in [1.82, 2.24) is 0 Å². The number of Topliss-reactive ketones (excluding diaryl/α,β-unsaturated/α-hetero) is 1. The zero-order chi connectivity index (χ0) is 10.8. The molecule has 0 bridgehead atoms. The van der Waals surface area contributed by atoms with Crippen molar-refractivity contribution in [3.05, 3.63) is 29.3 Å². The molecule has 15 heavy (non-hydrogen) atoms. The minimum absolute atomic E-state index is 0.0678. The van der Waals surface area contributed by atoms with Crippen molar-refractivity contribution in [1.29, 1.82) is 0 Å². The molecular weight excluding hydrogens is 194 g/mol. The maximum Gasteiger partial charge on any atom is 0.174 e. The molecule has 78 valence electrons. The number of fused-ring (bicyclic) bond motifs is 1. The highest BCUT2D eigenvalue weighted by Crippen LogP contribution is 2.24. The highest BCUT2D eigenvalue weighted by atomic mass is 16.5. The lowest BCUT2D eigenvalue weighted by Gasteiger charge is -2.16. The van der Waals surface area contributed by atoms with E-state index >= 15 is 0 Å². The Morgan fingerprint density at radius 2 is 2.33 bits per heavy atom. The fraction of sp³-hybridized carbons (Fsp3) is 0.273. The average molecular weight is 205 g/mol. The molecule has 0 fully saturated rings. The first-order chi connectivity index (χ1) is 7.20. The molecule has 0 saturated carbocycles. The number of benzene rings is 1. The summed E-state index contributed by atoms with van der Waals surface area (Å²) in [5.41, 5.74) is 2.18. The van der Waals surface area contributed by atoms with Gasteiger partial charge in [-0.2, -0.15) is 0 Å². The van der Waals surface area contributed by atoms with Gasteiger partial charge in [0.15, 0.2) is 5.78 Å². The van der Waals surface area contributed by atoms with E-state index < -0.39 is 0 Å². The normalized spacial score (nSPS) is 15.8. The molecule has 4 heteroatoms. The van der Waals surface area contributed by atoms with Crippen molar-refractivity contribution >= 4 is 11.5 Å². The number of carbonyl (C=O) groups excluding carboxylic acids is 1. The van der Waals surface area contributed by atoms with Gasteiger partial charge in [-0.1, -0.05) is 5.16 Å². The van der Waals surface area contributed by atoms with Crippen LogP contribution < -0.4 is 4.74 Å². The van der Waals surface area contributed by atoms with Gasteiger partial charge < -0.3 is 9.94 Å². The second-order valence-electron chi connectivity index (χ2n) is 3.51. The lowest BCUT2D eigenvalue weighted by atomic mass is 10.0. The van der Waals surface area contributed by atoms with E-state index in [4.69, 9.17) is 9.94 Å². The van der Waals surface area contributed by atoms with Crippen LogP contribution in [0.1, 0.15) is 18.1 Å². The summed E-state index contributed by atoms with van der Waals surface area (Å²) < 4.78 is 5.25. The lowest BCUT2D eigenvalue weighted by molar-refractivity contribution is -0.121. The summed E-state index contributed by atoms with van der Waals surface area (Å²) in [6.45, 7) is 1.85. The van der Waals surface area contributed by atoms with E-state index in [9.17, 15) is 4.79 Å². The number of carbonyl (C=O) groups is 1. The van der Waals surface area contributed by atoms with Crippen LogP contribution >= 0.6 is 0 Å². The van der Waals surface area contributed by atoms with E-state index in [0.29, 0.717) is 12.1 Å². The smallest absolute Gasteiger partial charge is 0.174 e. The van der Waals surface area contributed by atoms with Crippen LogP contribution in [-0.4, -0.2) is 23.3 Å². The van der Waals surface area contributed by atoms with Gasteiger partial charge in [-0.05, 0) is 30.7 Å². The molecule has 0 atom stereocenters. The van der Waals surface area contributed by atoms with Gasteiger partial charge >= 0.3 is 0 Å². The second kappa shape index (κ2) is 3.73. The Labute approximate surface area is 87.2 Å². The van der Waals surface area contributed by atoms with Crippen LogP contribution in [0.2, 0.25) is 0 Å². The third kappa shape index (κ3) is 1.83. The van der Waals surface area contributed by atoms with Crippen molar-refractivity contribution in [3.8, 4) is 5.75 Å². The van der Waals surface area contributed by atoms with Gasteiger partial charge in [0.05, 0.1) is 5.71 Å². The van der Waals surface area contributed by atoms with E-state index in [1.165, 1.54) is 0 Å². The van der Waals surface area contributed by atoms with Gasteiger partial charge in [-0.15, -0.1) is 0 Å². The third-order valence-corrected chi connectivity index (χ3v) is 2.40. The molecule has 1 heterocycles. The summed E-state index contributed by atoms with van der Waals surface area (Å²) in [5, 5.41) is 11.8.